The number of sulfonamides is 1. The zero-order valence-electron chi connectivity index (χ0n) is 17.1. The maximum absolute atomic E-state index is 13.0. The number of carbonyl (C=O) groups excluding carboxylic acids is 1. The first-order valence-corrected chi connectivity index (χ1v) is 11.0. The molecule has 0 bridgehead atoms. The number of amides is 1. The van der Waals surface area contributed by atoms with E-state index in [2.05, 4.69) is 4.72 Å². The molecule has 9 nitrogen and oxygen atoms in total. The van der Waals surface area contributed by atoms with Gasteiger partial charge < -0.3 is 9.80 Å². The average Bonchev–Trinajstić information content (AvgIpc) is 2.75. The topological polar surface area (TPSA) is 113 Å². The monoisotopic (exact) mass is 432 g/mol. The molecule has 10 heteroatoms. The van der Waals surface area contributed by atoms with E-state index >= 15 is 0 Å². The van der Waals surface area contributed by atoms with E-state index in [1.54, 1.807) is 30.9 Å². The Hall–Kier alpha value is -2.98. The maximum Gasteiger partial charge on any atom is 0.271 e. The summed E-state index contributed by atoms with van der Waals surface area (Å²) in [4.78, 5) is 27.4. The number of nitrogens with one attached hydrogen (secondary N) is 1. The van der Waals surface area contributed by atoms with Gasteiger partial charge in [0.2, 0.25) is 10.0 Å². The predicted molar refractivity (Wildman–Crippen MR) is 113 cm³/mol. The van der Waals surface area contributed by atoms with E-state index in [0.717, 1.165) is 11.3 Å². The number of rotatable bonds is 5. The lowest BCUT2D eigenvalue weighted by atomic mass is 10.0. The van der Waals surface area contributed by atoms with E-state index in [1.807, 2.05) is 11.0 Å². The van der Waals surface area contributed by atoms with Crippen molar-refractivity contribution in [1.29, 1.82) is 0 Å². The molecule has 2 aromatic carbocycles. The quantitative estimate of drug-likeness (QED) is 0.572. The Labute approximate surface area is 175 Å². The number of anilines is 1. The van der Waals surface area contributed by atoms with Crippen molar-refractivity contribution < 1.29 is 18.1 Å². The summed E-state index contributed by atoms with van der Waals surface area (Å²) in [6.07, 6.45) is 0. The molecule has 1 fully saturated rings. The van der Waals surface area contributed by atoms with E-state index in [0.29, 0.717) is 37.3 Å². The Kier molecular flexibility index (Phi) is 6.09. The largest absolute Gasteiger partial charge is 0.368 e. The average molecular weight is 433 g/mol. The molecule has 0 aromatic heterocycles. The van der Waals surface area contributed by atoms with Gasteiger partial charge >= 0.3 is 0 Å². The Bertz CT molecular complexity index is 1090. The molecule has 0 radical (unpaired) electrons. The van der Waals surface area contributed by atoms with Crippen LogP contribution in [0.1, 0.15) is 21.5 Å². The fraction of sp³-hybridized carbons (Fsp3) is 0.350. The van der Waals surface area contributed by atoms with Crippen LogP contribution in [0, 0.1) is 24.0 Å². The van der Waals surface area contributed by atoms with Crippen molar-refractivity contribution in [2.24, 2.45) is 0 Å². The zero-order valence-corrected chi connectivity index (χ0v) is 17.9. The second-order valence-corrected chi connectivity index (χ2v) is 9.04. The molecule has 2 aromatic rings. The highest BCUT2D eigenvalue weighted by atomic mass is 32.2. The predicted octanol–water partition coefficient (Wildman–Crippen LogP) is 2.08. The number of hydrogen-bond donors (Lipinski definition) is 1. The lowest BCUT2D eigenvalue weighted by molar-refractivity contribution is -0.384. The fourth-order valence-electron chi connectivity index (χ4n) is 3.49. The summed E-state index contributed by atoms with van der Waals surface area (Å²) < 4.78 is 26.9. The molecular formula is C20H24N4O5S. The molecule has 1 amide bonds. The van der Waals surface area contributed by atoms with Gasteiger partial charge in [-0.3, -0.25) is 14.9 Å². The first kappa shape index (κ1) is 21.7. The van der Waals surface area contributed by atoms with Gasteiger partial charge in [-0.05, 0) is 50.2 Å². The van der Waals surface area contributed by atoms with Crippen LogP contribution in [0.25, 0.3) is 0 Å². The number of nitrogens with zero attached hydrogens (tertiary/aromatic N) is 3. The molecule has 160 valence electrons. The lowest BCUT2D eigenvalue weighted by Crippen LogP contribution is -2.48. The number of benzene rings is 2. The van der Waals surface area contributed by atoms with Crippen molar-refractivity contribution in [2.45, 2.75) is 18.7 Å². The van der Waals surface area contributed by atoms with Crippen LogP contribution < -0.4 is 9.62 Å². The molecule has 0 saturated carbocycles. The minimum Gasteiger partial charge on any atom is -0.368 e. The third-order valence-corrected chi connectivity index (χ3v) is 6.94. The van der Waals surface area contributed by atoms with E-state index in [9.17, 15) is 23.3 Å². The number of hydrogen-bond acceptors (Lipinski definition) is 6. The third-order valence-electron chi connectivity index (χ3n) is 5.40. The number of nitro benzene ring substituents is 1. The van der Waals surface area contributed by atoms with Gasteiger partial charge in [-0.15, -0.1) is 0 Å². The Morgan fingerprint density at radius 1 is 1.10 bits per heavy atom. The van der Waals surface area contributed by atoms with Crippen molar-refractivity contribution in [3.05, 3.63) is 63.2 Å². The summed E-state index contributed by atoms with van der Waals surface area (Å²) >= 11 is 0. The fourth-order valence-corrected chi connectivity index (χ4v) is 4.56. The highest BCUT2D eigenvalue weighted by Crippen LogP contribution is 2.24. The van der Waals surface area contributed by atoms with Gasteiger partial charge in [0.1, 0.15) is 0 Å². The molecule has 3 rings (SSSR count). The van der Waals surface area contributed by atoms with Gasteiger partial charge in [-0.2, -0.15) is 0 Å². The van der Waals surface area contributed by atoms with Gasteiger partial charge in [0.15, 0.2) is 0 Å². The summed E-state index contributed by atoms with van der Waals surface area (Å²) in [5.41, 5.74) is 2.43. The molecule has 1 heterocycles. The Morgan fingerprint density at radius 3 is 2.37 bits per heavy atom. The second kappa shape index (κ2) is 8.41. The minimum atomic E-state index is -3.68. The second-order valence-electron chi connectivity index (χ2n) is 7.18. The normalized spacial score (nSPS) is 14.6. The maximum atomic E-state index is 13.0. The first-order chi connectivity index (χ1) is 14.1. The van der Waals surface area contributed by atoms with Gasteiger partial charge in [0.25, 0.3) is 11.6 Å². The summed E-state index contributed by atoms with van der Waals surface area (Å²) in [6, 6.07) is 9.55. The molecule has 0 unspecified atom stereocenters. The van der Waals surface area contributed by atoms with Crippen LogP contribution in [-0.2, 0) is 10.0 Å². The number of piperazine rings is 1. The van der Waals surface area contributed by atoms with Crippen LogP contribution in [0.4, 0.5) is 11.4 Å². The van der Waals surface area contributed by atoms with Crippen molar-refractivity contribution in [3.63, 3.8) is 0 Å². The standard InChI is InChI=1S/C20H24N4O5S/c1-14-11-16(12-19(15(14)2)30(28,29)21-3)20(25)23-9-7-22(8-10-23)17-5-4-6-18(13-17)24(26)27/h4-6,11-13,21H,7-10H2,1-3H3. The molecule has 1 aliphatic heterocycles. The number of aryl methyl sites for hydroxylation is 1. The van der Waals surface area contributed by atoms with E-state index in [4.69, 9.17) is 0 Å². The Balaban J connectivity index is 1.77. The molecule has 0 spiro atoms. The summed E-state index contributed by atoms with van der Waals surface area (Å²) in [7, 11) is -2.34. The van der Waals surface area contributed by atoms with Gasteiger partial charge in [0.05, 0.1) is 9.82 Å². The van der Waals surface area contributed by atoms with Crippen molar-refractivity contribution in [1.82, 2.24) is 9.62 Å². The smallest absolute Gasteiger partial charge is 0.271 e. The van der Waals surface area contributed by atoms with Crippen molar-refractivity contribution in [3.8, 4) is 0 Å². The van der Waals surface area contributed by atoms with Crippen LogP contribution in [-0.4, -0.2) is 57.4 Å². The molecule has 1 aliphatic rings. The van der Waals surface area contributed by atoms with Gasteiger partial charge in [-0.1, -0.05) is 6.07 Å². The van der Waals surface area contributed by atoms with Crippen molar-refractivity contribution >= 4 is 27.3 Å². The molecule has 30 heavy (non-hydrogen) atoms. The van der Waals surface area contributed by atoms with Gasteiger partial charge in [-0.25, -0.2) is 13.1 Å². The van der Waals surface area contributed by atoms with Crippen molar-refractivity contribution in [2.75, 3.05) is 38.1 Å². The highest BCUT2D eigenvalue weighted by Gasteiger charge is 2.25. The lowest BCUT2D eigenvalue weighted by Gasteiger charge is -2.36. The molecule has 1 saturated heterocycles. The van der Waals surface area contributed by atoms with E-state index in [-0.39, 0.29) is 16.5 Å². The molecule has 0 atom stereocenters. The summed E-state index contributed by atoms with van der Waals surface area (Å²) in [5.74, 6) is -0.232. The summed E-state index contributed by atoms with van der Waals surface area (Å²) in [5, 5.41) is 11.0. The van der Waals surface area contributed by atoms with Crippen LogP contribution in [0.3, 0.4) is 0 Å². The van der Waals surface area contributed by atoms with E-state index < -0.39 is 14.9 Å². The van der Waals surface area contributed by atoms with Crippen LogP contribution >= 0.6 is 0 Å². The van der Waals surface area contributed by atoms with Crippen LogP contribution in [0.2, 0.25) is 0 Å². The van der Waals surface area contributed by atoms with Crippen LogP contribution in [0.5, 0.6) is 0 Å². The van der Waals surface area contributed by atoms with Crippen LogP contribution in [0.15, 0.2) is 41.3 Å². The zero-order chi connectivity index (χ0) is 22.1. The van der Waals surface area contributed by atoms with E-state index in [1.165, 1.54) is 25.2 Å². The first-order valence-electron chi connectivity index (χ1n) is 9.47. The van der Waals surface area contributed by atoms with Gasteiger partial charge in [0, 0.05) is 49.6 Å². The third kappa shape index (κ3) is 4.29. The summed E-state index contributed by atoms with van der Waals surface area (Å²) in [6.45, 7) is 5.41. The molecule has 1 N–H and O–H groups in total. The molecule has 0 aliphatic carbocycles. The number of non-ortho nitro benzene ring substituents is 1. The Morgan fingerprint density at radius 2 is 1.77 bits per heavy atom. The highest BCUT2D eigenvalue weighted by molar-refractivity contribution is 7.89. The molecular weight excluding hydrogens is 408 g/mol. The minimum absolute atomic E-state index is 0.0272. The number of carbonyl (C=O) groups is 1. The number of nitro groups is 1. The SMILES string of the molecule is CNS(=O)(=O)c1cc(C(=O)N2CCN(c3cccc([N+](=O)[O-])c3)CC2)cc(C)c1C.